The first kappa shape index (κ1) is 21.6. The van der Waals surface area contributed by atoms with Crippen molar-refractivity contribution in [3.63, 3.8) is 0 Å². The van der Waals surface area contributed by atoms with Crippen LogP contribution in [0, 0.1) is 6.92 Å². The Morgan fingerprint density at radius 3 is 2.64 bits per heavy atom. The van der Waals surface area contributed by atoms with E-state index in [1.165, 1.54) is 18.2 Å². The zero-order chi connectivity index (χ0) is 23.5. The van der Waals surface area contributed by atoms with Gasteiger partial charge in [-0.15, -0.1) is 0 Å². The standard InChI is InChI=1S/C24H19N3O6/c1-14-4-2-7-17(10-14)25-21(28)13-27-22(29)19(26-24(27)32)12-18-8-9-20(33-18)15-5-3-6-16(11-15)23(30)31/h2-12H,13H2,1H3,(H,25,28)(H,26,32)(H,30,31)/b19-12-. The molecule has 2 aromatic carbocycles. The molecule has 0 atom stereocenters. The van der Waals surface area contributed by atoms with Gasteiger partial charge in [0.2, 0.25) is 5.91 Å². The van der Waals surface area contributed by atoms with E-state index >= 15 is 0 Å². The number of rotatable bonds is 6. The number of amides is 4. The van der Waals surface area contributed by atoms with Crippen LogP contribution in [0.4, 0.5) is 10.5 Å². The first-order chi connectivity index (χ1) is 15.8. The molecule has 33 heavy (non-hydrogen) atoms. The summed E-state index contributed by atoms with van der Waals surface area (Å²) in [6, 6.07) is 15.9. The van der Waals surface area contributed by atoms with Gasteiger partial charge in [0.1, 0.15) is 23.8 Å². The Balaban J connectivity index is 1.46. The van der Waals surface area contributed by atoms with Crippen LogP contribution in [0.5, 0.6) is 0 Å². The lowest BCUT2D eigenvalue weighted by atomic mass is 10.1. The van der Waals surface area contributed by atoms with Crippen LogP contribution >= 0.6 is 0 Å². The fourth-order valence-electron chi connectivity index (χ4n) is 3.32. The van der Waals surface area contributed by atoms with Gasteiger partial charge < -0.3 is 20.2 Å². The molecule has 0 unspecified atom stereocenters. The summed E-state index contributed by atoms with van der Waals surface area (Å²) >= 11 is 0. The minimum atomic E-state index is -1.06. The molecule has 1 aliphatic rings. The zero-order valence-electron chi connectivity index (χ0n) is 17.5. The van der Waals surface area contributed by atoms with E-state index in [1.807, 2.05) is 13.0 Å². The minimum Gasteiger partial charge on any atom is -0.478 e. The normalized spacial score (nSPS) is 14.5. The number of hydrogen-bond acceptors (Lipinski definition) is 5. The Hall–Kier alpha value is -4.66. The van der Waals surface area contributed by atoms with Crippen molar-refractivity contribution in [2.45, 2.75) is 6.92 Å². The second-order valence-electron chi connectivity index (χ2n) is 7.39. The van der Waals surface area contributed by atoms with Crippen LogP contribution in [0.3, 0.4) is 0 Å². The summed E-state index contributed by atoms with van der Waals surface area (Å²) in [5.41, 5.74) is 2.15. The Morgan fingerprint density at radius 2 is 1.88 bits per heavy atom. The number of carboxylic acid groups (broad SMARTS) is 1. The van der Waals surface area contributed by atoms with E-state index in [0.717, 1.165) is 10.5 Å². The molecule has 3 aromatic rings. The third kappa shape index (κ3) is 4.82. The summed E-state index contributed by atoms with van der Waals surface area (Å²) in [4.78, 5) is 49.2. The summed E-state index contributed by atoms with van der Waals surface area (Å²) in [6.07, 6.45) is 1.35. The highest BCUT2D eigenvalue weighted by molar-refractivity contribution is 6.15. The Kier molecular flexibility index (Phi) is 5.77. The van der Waals surface area contributed by atoms with Crippen molar-refractivity contribution >= 4 is 35.6 Å². The van der Waals surface area contributed by atoms with Gasteiger partial charge in [0, 0.05) is 17.3 Å². The van der Waals surface area contributed by atoms with E-state index in [4.69, 9.17) is 9.52 Å². The van der Waals surface area contributed by atoms with Gasteiger partial charge in [0.05, 0.1) is 5.56 Å². The number of nitrogens with zero attached hydrogens (tertiary/aromatic N) is 1. The largest absolute Gasteiger partial charge is 0.478 e. The van der Waals surface area contributed by atoms with E-state index in [9.17, 15) is 19.2 Å². The lowest BCUT2D eigenvalue weighted by Crippen LogP contribution is -2.38. The lowest BCUT2D eigenvalue weighted by molar-refractivity contribution is -0.127. The number of furan rings is 1. The second kappa shape index (κ2) is 8.83. The van der Waals surface area contributed by atoms with Crippen molar-refractivity contribution in [2.24, 2.45) is 0 Å². The predicted molar refractivity (Wildman–Crippen MR) is 119 cm³/mol. The number of anilines is 1. The van der Waals surface area contributed by atoms with E-state index in [-0.39, 0.29) is 17.0 Å². The van der Waals surface area contributed by atoms with Crippen LogP contribution in [0.2, 0.25) is 0 Å². The molecular weight excluding hydrogens is 426 g/mol. The maximum atomic E-state index is 12.6. The molecule has 4 amide bonds. The third-order valence-electron chi connectivity index (χ3n) is 4.87. The van der Waals surface area contributed by atoms with Crippen molar-refractivity contribution in [3.05, 3.63) is 83.2 Å². The number of benzene rings is 2. The summed E-state index contributed by atoms with van der Waals surface area (Å²) in [5.74, 6) is -1.55. The molecule has 3 N–H and O–H groups in total. The van der Waals surface area contributed by atoms with Gasteiger partial charge in [-0.05, 0) is 48.9 Å². The smallest absolute Gasteiger partial charge is 0.335 e. The molecule has 9 heteroatoms. The SMILES string of the molecule is Cc1cccc(NC(=O)CN2C(=O)N/C(=C\c3ccc(-c4cccc(C(=O)O)c4)o3)C2=O)c1. The topological polar surface area (TPSA) is 129 Å². The molecule has 9 nitrogen and oxygen atoms in total. The molecule has 166 valence electrons. The van der Waals surface area contributed by atoms with Gasteiger partial charge in [-0.1, -0.05) is 24.3 Å². The molecule has 0 bridgehead atoms. The van der Waals surface area contributed by atoms with E-state index in [2.05, 4.69) is 10.6 Å². The zero-order valence-corrected chi connectivity index (χ0v) is 17.5. The summed E-state index contributed by atoms with van der Waals surface area (Å²) in [7, 11) is 0. The summed E-state index contributed by atoms with van der Waals surface area (Å²) < 4.78 is 5.69. The van der Waals surface area contributed by atoms with Crippen molar-refractivity contribution in [3.8, 4) is 11.3 Å². The van der Waals surface area contributed by atoms with Gasteiger partial charge in [-0.3, -0.25) is 9.59 Å². The number of hydrogen-bond donors (Lipinski definition) is 3. The number of carbonyl (C=O) groups is 4. The van der Waals surface area contributed by atoms with Crippen LogP contribution in [0.25, 0.3) is 17.4 Å². The molecule has 0 radical (unpaired) electrons. The van der Waals surface area contributed by atoms with Crippen molar-refractivity contribution in [2.75, 3.05) is 11.9 Å². The highest BCUT2D eigenvalue weighted by Gasteiger charge is 2.35. The van der Waals surface area contributed by atoms with Crippen LogP contribution < -0.4 is 10.6 Å². The molecular formula is C24H19N3O6. The number of nitrogens with one attached hydrogen (secondary N) is 2. The monoisotopic (exact) mass is 445 g/mol. The van der Waals surface area contributed by atoms with Gasteiger partial charge >= 0.3 is 12.0 Å². The summed E-state index contributed by atoms with van der Waals surface area (Å²) in [5, 5.41) is 14.2. The average Bonchev–Trinajstić information content (AvgIpc) is 3.34. The average molecular weight is 445 g/mol. The molecule has 2 heterocycles. The number of carbonyl (C=O) groups excluding carboxylic acids is 3. The fourth-order valence-corrected chi connectivity index (χ4v) is 3.32. The van der Waals surface area contributed by atoms with Gasteiger partial charge in [0.25, 0.3) is 5.91 Å². The maximum Gasteiger partial charge on any atom is 0.335 e. The highest BCUT2D eigenvalue weighted by Crippen LogP contribution is 2.25. The first-order valence-corrected chi connectivity index (χ1v) is 9.95. The molecule has 4 rings (SSSR count). The third-order valence-corrected chi connectivity index (χ3v) is 4.87. The van der Waals surface area contributed by atoms with Gasteiger partial charge in [-0.25, -0.2) is 14.5 Å². The molecule has 0 spiro atoms. The van der Waals surface area contributed by atoms with Crippen LogP contribution in [-0.4, -0.2) is 40.4 Å². The van der Waals surface area contributed by atoms with Gasteiger partial charge in [-0.2, -0.15) is 0 Å². The summed E-state index contributed by atoms with van der Waals surface area (Å²) in [6.45, 7) is 1.44. The first-order valence-electron chi connectivity index (χ1n) is 9.95. The predicted octanol–water partition coefficient (Wildman–Crippen LogP) is 3.48. The molecule has 1 fully saturated rings. The maximum absolute atomic E-state index is 12.6. The van der Waals surface area contributed by atoms with Crippen LogP contribution in [0.1, 0.15) is 21.7 Å². The van der Waals surface area contributed by atoms with Crippen molar-refractivity contribution in [1.82, 2.24) is 10.2 Å². The number of aryl methyl sites for hydroxylation is 1. The molecule has 1 aliphatic heterocycles. The molecule has 1 aromatic heterocycles. The Labute approximate surface area is 188 Å². The number of carboxylic acids is 1. The van der Waals surface area contributed by atoms with E-state index in [0.29, 0.717) is 17.0 Å². The second-order valence-corrected chi connectivity index (χ2v) is 7.39. The quantitative estimate of drug-likeness (QED) is 0.394. The van der Waals surface area contributed by atoms with Gasteiger partial charge in [0.15, 0.2) is 0 Å². The number of imide groups is 1. The van der Waals surface area contributed by atoms with Crippen molar-refractivity contribution in [1.29, 1.82) is 0 Å². The molecule has 1 saturated heterocycles. The van der Waals surface area contributed by atoms with Crippen molar-refractivity contribution < 1.29 is 28.7 Å². The molecule has 0 aliphatic carbocycles. The number of aromatic carboxylic acids is 1. The minimum absolute atomic E-state index is 0.0384. The molecule has 0 saturated carbocycles. The van der Waals surface area contributed by atoms with Crippen LogP contribution in [0.15, 0.2) is 70.8 Å². The lowest BCUT2D eigenvalue weighted by Gasteiger charge is -2.12. The Bertz CT molecular complexity index is 1310. The number of urea groups is 1. The van der Waals surface area contributed by atoms with Crippen LogP contribution in [-0.2, 0) is 9.59 Å². The Morgan fingerprint density at radius 1 is 1.09 bits per heavy atom. The fraction of sp³-hybridized carbons (Fsp3) is 0.0833. The highest BCUT2D eigenvalue weighted by atomic mass is 16.4. The van der Waals surface area contributed by atoms with E-state index in [1.54, 1.807) is 42.5 Å². The van der Waals surface area contributed by atoms with E-state index < -0.39 is 30.4 Å².